The van der Waals surface area contributed by atoms with Gasteiger partial charge in [-0.15, -0.1) is 0 Å². The SMILES string of the molecule is C=C(Cl)/C(=C(Cl)\C=C/C)c1noc(C2CC2)c1CO. The molecule has 1 aliphatic rings. The van der Waals surface area contributed by atoms with Crippen molar-refractivity contribution in [3.63, 3.8) is 0 Å². The molecule has 2 rings (SSSR count). The molecule has 19 heavy (non-hydrogen) atoms. The Bertz CT molecular complexity index is 554. The Hall–Kier alpha value is -1.03. The lowest BCUT2D eigenvalue weighted by molar-refractivity contribution is 0.277. The molecular weight excluding hydrogens is 285 g/mol. The maximum Gasteiger partial charge on any atom is 0.145 e. The highest BCUT2D eigenvalue weighted by Crippen LogP contribution is 2.44. The van der Waals surface area contributed by atoms with Crippen molar-refractivity contribution < 1.29 is 9.63 Å². The molecule has 1 heterocycles. The van der Waals surface area contributed by atoms with Gasteiger partial charge in [0, 0.05) is 22.1 Å². The third kappa shape index (κ3) is 2.94. The molecule has 0 amide bonds. The summed E-state index contributed by atoms with van der Waals surface area (Å²) in [5.74, 6) is 1.09. The summed E-state index contributed by atoms with van der Waals surface area (Å²) in [5.41, 5.74) is 1.63. The molecule has 3 nitrogen and oxygen atoms in total. The maximum absolute atomic E-state index is 9.55. The minimum Gasteiger partial charge on any atom is -0.391 e. The Labute approximate surface area is 122 Å². The molecule has 5 heteroatoms. The minimum absolute atomic E-state index is 0.154. The second kappa shape index (κ2) is 5.95. The standard InChI is InChI=1S/C14H15Cl2NO2/c1-3-4-11(16)12(8(2)15)13-10(7-18)14(19-17-13)9-5-6-9/h3-4,9,18H,2,5-7H2,1H3/b4-3-,12-11-. The summed E-state index contributed by atoms with van der Waals surface area (Å²) in [6.45, 7) is 5.40. The number of hydrogen-bond donors (Lipinski definition) is 1. The first-order valence-corrected chi connectivity index (χ1v) is 6.82. The third-order valence-electron chi connectivity index (χ3n) is 2.98. The van der Waals surface area contributed by atoms with Crippen LogP contribution in [-0.4, -0.2) is 10.3 Å². The molecule has 0 aliphatic heterocycles. The lowest BCUT2D eigenvalue weighted by Crippen LogP contribution is -1.95. The molecule has 0 saturated heterocycles. The zero-order chi connectivity index (χ0) is 14.0. The Kier molecular flexibility index (Phi) is 4.50. The maximum atomic E-state index is 9.55. The lowest BCUT2D eigenvalue weighted by atomic mass is 10.0. The van der Waals surface area contributed by atoms with Gasteiger partial charge in [0.15, 0.2) is 0 Å². The summed E-state index contributed by atoms with van der Waals surface area (Å²) in [7, 11) is 0. The van der Waals surface area contributed by atoms with Gasteiger partial charge < -0.3 is 9.63 Å². The van der Waals surface area contributed by atoms with Crippen LogP contribution in [-0.2, 0) is 6.61 Å². The van der Waals surface area contributed by atoms with E-state index in [9.17, 15) is 5.11 Å². The largest absolute Gasteiger partial charge is 0.391 e. The molecule has 0 atom stereocenters. The van der Waals surface area contributed by atoms with E-state index in [4.69, 9.17) is 27.7 Å². The predicted molar refractivity (Wildman–Crippen MR) is 77.0 cm³/mol. The Morgan fingerprint density at radius 2 is 2.21 bits per heavy atom. The van der Waals surface area contributed by atoms with E-state index in [1.54, 1.807) is 12.2 Å². The molecule has 0 spiro atoms. The fourth-order valence-corrected chi connectivity index (χ4v) is 2.51. The van der Waals surface area contributed by atoms with Crippen molar-refractivity contribution in [3.05, 3.63) is 45.8 Å². The number of aromatic nitrogens is 1. The Balaban J connectivity index is 2.54. The monoisotopic (exact) mass is 299 g/mol. The summed E-state index contributed by atoms with van der Waals surface area (Å²) in [5, 5.41) is 14.3. The van der Waals surface area contributed by atoms with Crippen molar-refractivity contribution in [1.82, 2.24) is 5.16 Å². The van der Waals surface area contributed by atoms with Gasteiger partial charge in [-0.2, -0.15) is 0 Å². The number of hydrogen-bond acceptors (Lipinski definition) is 3. The average molecular weight is 300 g/mol. The normalized spacial score (nSPS) is 16.8. The Morgan fingerprint density at radius 3 is 2.68 bits per heavy atom. The quantitative estimate of drug-likeness (QED) is 0.824. The molecule has 0 unspecified atom stereocenters. The highest BCUT2D eigenvalue weighted by molar-refractivity contribution is 6.42. The summed E-state index contributed by atoms with van der Waals surface area (Å²) in [6.07, 6.45) is 5.62. The van der Waals surface area contributed by atoms with Gasteiger partial charge in [-0.25, -0.2) is 0 Å². The van der Waals surface area contributed by atoms with Crippen LogP contribution in [0.15, 0.2) is 33.3 Å². The lowest BCUT2D eigenvalue weighted by Gasteiger charge is -2.05. The summed E-state index contributed by atoms with van der Waals surface area (Å²) >= 11 is 12.2. The van der Waals surface area contributed by atoms with Crippen molar-refractivity contribution in [2.45, 2.75) is 32.3 Å². The van der Waals surface area contributed by atoms with Crippen LogP contribution in [0.2, 0.25) is 0 Å². The zero-order valence-corrected chi connectivity index (χ0v) is 12.1. The van der Waals surface area contributed by atoms with Crippen LogP contribution < -0.4 is 0 Å². The van der Waals surface area contributed by atoms with Crippen LogP contribution in [0.3, 0.4) is 0 Å². The van der Waals surface area contributed by atoms with E-state index < -0.39 is 0 Å². The minimum atomic E-state index is -0.154. The zero-order valence-electron chi connectivity index (χ0n) is 10.6. The number of aliphatic hydroxyl groups excluding tert-OH is 1. The number of rotatable bonds is 5. The van der Waals surface area contributed by atoms with E-state index in [2.05, 4.69) is 11.7 Å². The predicted octanol–water partition coefficient (Wildman–Crippen LogP) is 4.32. The molecule has 0 radical (unpaired) electrons. The molecule has 1 N–H and O–H groups in total. The van der Waals surface area contributed by atoms with Crippen LogP contribution in [0.1, 0.15) is 42.7 Å². The van der Waals surface area contributed by atoms with Gasteiger partial charge in [-0.1, -0.05) is 41.0 Å². The van der Waals surface area contributed by atoms with Gasteiger partial charge in [-0.3, -0.25) is 0 Å². The molecule has 1 fully saturated rings. The van der Waals surface area contributed by atoms with Crippen molar-refractivity contribution in [3.8, 4) is 0 Å². The fourth-order valence-electron chi connectivity index (χ4n) is 1.94. The molecule has 1 aromatic heterocycles. The summed E-state index contributed by atoms with van der Waals surface area (Å²) in [6, 6.07) is 0. The van der Waals surface area contributed by atoms with Gasteiger partial charge in [0.2, 0.25) is 0 Å². The van der Waals surface area contributed by atoms with Gasteiger partial charge >= 0.3 is 0 Å². The smallest absolute Gasteiger partial charge is 0.145 e. The van der Waals surface area contributed by atoms with Gasteiger partial charge in [0.1, 0.15) is 11.5 Å². The molecule has 0 aromatic carbocycles. The molecule has 102 valence electrons. The van der Waals surface area contributed by atoms with E-state index in [-0.39, 0.29) is 11.6 Å². The molecule has 0 bridgehead atoms. The summed E-state index contributed by atoms with van der Waals surface area (Å²) < 4.78 is 5.34. The van der Waals surface area contributed by atoms with E-state index in [1.807, 2.05) is 6.92 Å². The Morgan fingerprint density at radius 1 is 1.53 bits per heavy atom. The number of halogens is 2. The van der Waals surface area contributed by atoms with Gasteiger partial charge in [0.25, 0.3) is 0 Å². The van der Waals surface area contributed by atoms with Gasteiger partial charge in [0.05, 0.1) is 11.6 Å². The van der Waals surface area contributed by atoms with Crippen molar-refractivity contribution in [2.75, 3.05) is 0 Å². The first-order valence-electron chi connectivity index (χ1n) is 6.07. The number of aliphatic hydroxyl groups is 1. The topological polar surface area (TPSA) is 46.3 Å². The van der Waals surface area contributed by atoms with E-state index in [0.717, 1.165) is 18.6 Å². The summed E-state index contributed by atoms with van der Waals surface area (Å²) in [4.78, 5) is 0. The van der Waals surface area contributed by atoms with Crippen LogP contribution in [0, 0.1) is 0 Å². The molecule has 1 aromatic rings. The average Bonchev–Trinajstić information content (AvgIpc) is 3.11. The van der Waals surface area contributed by atoms with Crippen molar-refractivity contribution in [1.29, 1.82) is 0 Å². The third-order valence-corrected chi connectivity index (χ3v) is 3.49. The first kappa shape index (κ1) is 14.4. The molecule has 1 saturated carbocycles. The van der Waals surface area contributed by atoms with E-state index >= 15 is 0 Å². The highest BCUT2D eigenvalue weighted by atomic mass is 35.5. The fraction of sp³-hybridized carbons (Fsp3) is 0.357. The van der Waals surface area contributed by atoms with Gasteiger partial charge in [-0.05, 0) is 25.8 Å². The number of allylic oxidation sites excluding steroid dienone is 5. The van der Waals surface area contributed by atoms with Crippen molar-refractivity contribution >= 4 is 28.8 Å². The van der Waals surface area contributed by atoms with Crippen LogP contribution >= 0.6 is 23.2 Å². The van der Waals surface area contributed by atoms with Crippen LogP contribution in [0.5, 0.6) is 0 Å². The first-order chi connectivity index (χ1) is 9.10. The van der Waals surface area contributed by atoms with E-state index in [1.165, 1.54) is 0 Å². The van der Waals surface area contributed by atoms with Crippen molar-refractivity contribution in [2.24, 2.45) is 0 Å². The molecule has 1 aliphatic carbocycles. The van der Waals surface area contributed by atoms with Crippen LogP contribution in [0.25, 0.3) is 5.57 Å². The van der Waals surface area contributed by atoms with Crippen LogP contribution in [0.4, 0.5) is 0 Å². The van der Waals surface area contributed by atoms with E-state index in [0.29, 0.717) is 27.8 Å². The second-order valence-corrected chi connectivity index (χ2v) is 5.30. The number of nitrogens with zero attached hydrogens (tertiary/aromatic N) is 1. The highest BCUT2D eigenvalue weighted by Gasteiger charge is 2.33. The molecular formula is C14H15Cl2NO2. The second-order valence-electron chi connectivity index (χ2n) is 4.43.